The van der Waals surface area contributed by atoms with E-state index in [1.165, 1.54) is 17.4 Å². The largest absolute Gasteiger partial charge is 0.397 e. The summed E-state index contributed by atoms with van der Waals surface area (Å²) in [4.78, 5) is 14.9. The summed E-state index contributed by atoms with van der Waals surface area (Å²) in [5.74, 6) is -0.584. The van der Waals surface area contributed by atoms with Crippen molar-refractivity contribution in [3.05, 3.63) is 28.9 Å². The number of likely N-dealkylation sites (N-methyl/N-ethyl adjacent to an activating group) is 1. The van der Waals surface area contributed by atoms with Gasteiger partial charge in [0.05, 0.1) is 11.1 Å². The average Bonchev–Trinajstić information content (AvgIpc) is 2.95. The van der Waals surface area contributed by atoms with Gasteiger partial charge in [-0.3, -0.25) is 4.79 Å². The molecule has 3 rings (SSSR count). The van der Waals surface area contributed by atoms with Gasteiger partial charge in [-0.2, -0.15) is 0 Å². The van der Waals surface area contributed by atoms with Crippen LogP contribution in [0.25, 0.3) is 10.1 Å². The number of carbonyl (C=O) groups is 1. The predicted molar refractivity (Wildman–Crippen MR) is 79.6 cm³/mol. The van der Waals surface area contributed by atoms with Crippen LogP contribution in [0.1, 0.15) is 16.1 Å². The Balaban J connectivity index is 1.88. The highest BCUT2D eigenvalue weighted by Crippen LogP contribution is 2.35. The van der Waals surface area contributed by atoms with Crippen LogP contribution in [0.2, 0.25) is 0 Å². The van der Waals surface area contributed by atoms with Gasteiger partial charge in [0.25, 0.3) is 5.91 Å². The number of carbonyl (C=O) groups excluding carboxylic acids is 1. The molecule has 3 N–H and O–H groups in total. The van der Waals surface area contributed by atoms with Gasteiger partial charge in [0.2, 0.25) is 0 Å². The van der Waals surface area contributed by atoms with E-state index in [0.717, 1.165) is 19.5 Å². The lowest BCUT2D eigenvalue weighted by Gasteiger charge is -2.12. The maximum absolute atomic E-state index is 13.8. The minimum atomic E-state index is -0.379. The predicted octanol–water partition coefficient (Wildman–Crippen LogP) is 2.06. The Labute approximate surface area is 120 Å². The van der Waals surface area contributed by atoms with Crippen molar-refractivity contribution in [1.29, 1.82) is 0 Å². The summed E-state index contributed by atoms with van der Waals surface area (Å²) in [6.07, 6.45) is 0.932. The molecule has 6 heteroatoms. The minimum absolute atomic E-state index is 0.141. The molecule has 0 spiro atoms. The molecule has 2 heterocycles. The Kier molecular flexibility index (Phi) is 3.35. The van der Waals surface area contributed by atoms with Gasteiger partial charge in [-0.05, 0) is 32.1 Å². The highest BCUT2D eigenvalue weighted by atomic mass is 32.1. The van der Waals surface area contributed by atoms with E-state index in [2.05, 4.69) is 10.2 Å². The number of halogens is 1. The summed E-state index contributed by atoms with van der Waals surface area (Å²) in [6, 6.07) is 4.90. The summed E-state index contributed by atoms with van der Waals surface area (Å²) in [7, 11) is 2.02. The van der Waals surface area contributed by atoms with E-state index >= 15 is 0 Å². The van der Waals surface area contributed by atoms with Crippen LogP contribution in [-0.2, 0) is 0 Å². The van der Waals surface area contributed by atoms with Crippen molar-refractivity contribution in [2.75, 3.05) is 25.9 Å². The highest BCUT2D eigenvalue weighted by molar-refractivity contribution is 7.21. The lowest BCUT2D eigenvalue weighted by atomic mass is 10.2. The number of nitrogen functional groups attached to an aromatic ring is 1. The summed E-state index contributed by atoms with van der Waals surface area (Å²) < 4.78 is 14.5. The van der Waals surface area contributed by atoms with Crippen LogP contribution in [0.3, 0.4) is 0 Å². The van der Waals surface area contributed by atoms with E-state index in [-0.39, 0.29) is 23.5 Å². The molecule has 1 fully saturated rings. The molecule has 0 aliphatic carbocycles. The zero-order chi connectivity index (χ0) is 14.3. The fourth-order valence-electron chi connectivity index (χ4n) is 2.60. The van der Waals surface area contributed by atoms with Gasteiger partial charge in [0.1, 0.15) is 10.7 Å². The summed E-state index contributed by atoms with van der Waals surface area (Å²) in [5.41, 5.74) is 6.18. The fourth-order valence-corrected chi connectivity index (χ4v) is 3.64. The first-order chi connectivity index (χ1) is 9.56. The van der Waals surface area contributed by atoms with Crippen LogP contribution in [0, 0.1) is 5.82 Å². The second-order valence-electron chi connectivity index (χ2n) is 5.18. The van der Waals surface area contributed by atoms with Crippen LogP contribution < -0.4 is 11.1 Å². The molecule has 0 bridgehead atoms. The van der Waals surface area contributed by atoms with Gasteiger partial charge in [-0.15, -0.1) is 11.3 Å². The molecule has 1 unspecified atom stereocenters. The van der Waals surface area contributed by atoms with Crippen molar-refractivity contribution in [3.63, 3.8) is 0 Å². The van der Waals surface area contributed by atoms with Crippen molar-refractivity contribution in [1.82, 2.24) is 10.2 Å². The van der Waals surface area contributed by atoms with Crippen LogP contribution in [0.4, 0.5) is 10.1 Å². The monoisotopic (exact) mass is 293 g/mol. The van der Waals surface area contributed by atoms with Crippen molar-refractivity contribution in [2.45, 2.75) is 12.5 Å². The SMILES string of the molecule is CN1CCC(NC(=O)c2sc3cccc(F)c3c2N)C1. The third-order valence-corrected chi connectivity index (χ3v) is 4.80. The molecule has 2 aromatic rings. The van der Waals surface area contributed by atoms with Crippen molar-refractivity contribution < 1.29 is 9.18 Å². The normalized spacial score (nSPS) is 19.6. The Hall–Kier alpha value is -1.66. The number of anilines is 1. The number of nitrogens with zero attached hydrogens (tertiary/aromatic N) is 1. The Bertz CT molecular complexity index is 670. The van der Waals surface area contributed by atoms with Gasteiger partial charge in [0, 0.05) is 17.3 Å². The van der Waals surface area contributed by atoms with Gasteiger partial charge in [-0.1, -0.05) is 6.07 Å². The maximum atomic E-state index is 13.8. The molecule has 4 nitrogen and oxygen atoms in total. The maximum Gasteiger partial charge on any atom is 0.263 e. The topological polar surface area (TPSA) is 58.4 Å². The van der Waals surface area contributed by atoms with Crippen molar-refractivity contribution >= 4 is 33.0 Å². The van der Waals surface area contributed by atoms with E-state index < -0.39 is 0 Å². The Morgan fingerprint density at radius 3 is 3.00 bits per heavy atom. The van der Waals surface area contributed by atoms with E-state index in [9.17, 15) is 9.18 Å². The molecule has 20 heavy (non-hydrogen) atoms. The summed E-state index contributed by atoms with van der Waals surface area (Å²) >= 11 is 1.24. The number of amides is 1. The van der Waals surface area contributed by atoms with E-state index in [1.54, 1.807) is 12.1 Å². The zero-order valence-electron chi connectivity index (χ0n) is 11.1. The lowest BCUT2D eigenvalue weighted by Crippen LogP contribution is -2.36. The summed E-state index contributed by atoms with van der Waals surface area (Å²) in [6.45, 7) is 1.81. The van der Waals surface area contributed by atoms with Gasteiger partial charge >= 0.3 is 0 Å². The number of fused-ring (bicyclic) bond motifs is 1. The van der Waals surface area contributed by atoms with Gasteiger partial charge in [-0.25, -0.2) is 4.39 Å². The second-order valence-corrected chi connectivity index (χ2v) is 6.23. The van der Waals surface area contributed by atoms with E-state index in [1.807, 2.05) is 7.05 Å². The smallest absolute Gasteiger partial charge is 0.263 e. The molecule has 106 valence electrons. The number of hydrogen-bond donors (Lipinski definition) is 2. The van der Waals surface area contributed by atoms with Crippen LogP contribution in [-0.4, -0.2) is 37.0 Å². The third kappa shape index (κ3) is 2.25. The zero-order valence-corrected chi connectivity index (χ0v) is 12.0. The number of rotatable bonds is 2. The van der Waals surface area contributed by atoms with E-state index in [0.29, 0.717) is 15.0 Å². The number of likely N-dealkylation sites (tertiary alicyclic amines) is 1. The number of thiophene rings is 1. The van der Waals surface area contributed by atoms with Crippen LogP contribution in [0.5, 0.6) is 0 Å². The number of benzene rings is 1. The molecule has 1 atom stereocenters. The molecule has 1 saturated heterocycles. The molecular formula is C14H16FN3OS. The first-order valence-electron chi connectivity index (χ1n) is 6.52. The first kappa shape index (κ1) is 13.3. The molecule has 1 aliphatic heterocycles. The molecule has 1 aromatic heterocycles. The van der Waals surface area contributed by atoms with Gasteiger partial charge in [0.15, 0.2) is 0 Å². The minimum Gasteiger partial charge on any atom is -0.397 e. The van der Waals surface area contributed by atoms with E-state index in [4.69, 9.17) is 5.73 Å². The highest BCUT2D eigenvalue weighted by Gasteiger charge is 2.24. The molecule has 1 aromatic carbocycles. The van der Waals surface area contributed by atoms with Crippen molar-refractivity contribution in [3.8, 4) is 0 Å². The number of nitrogens with one attached hydrogen (secondary N) is 1. The second kappa shape index (κ2) is 5.03. The standard InChI is InChI=1S/C14H16FN3OS/c1-18-6-5-8(7-18)17-14(19)13-12(16)11-9(15)3-2-4-10(11)20-13/h2-4,8H,5-7,16H2,1H3,(H,17,19). The number of nitrogens with two attached hydrogens (primary N) is 1. The molecule has 1 aliphatic rings. The average molecular weight is 293 g/mol. The van der Waals surface area contributed by atoms with Crippen LogP contribution >= 0.6 is 11.3 Å². The van der Waals surface area contributed by atoms with Crippen LogP contribution in [0.15, 0.2) is 18.2 Å². The Morgan fingerprint density at radius 1 is 1.55 bits per heavy atom. The Morgan fingerprint density at radius 2 is 2.35 bits per heavy atom. The molecular weight excluding hydrogens is 277 g/mol. The van der Waals surface area contributed by atoms with Gasteiger partial charge < -0.3 is 16.0 Å². The summed E-state index contributed by atoms with van der Waals surface area (Å²) in [5, 5.41) is 3.33. The van der Waals surface area contributed by atoms with Crippen molar-refractivity contribution in [2.24, 2.45) is 0 Å². The molecule has 0 saturated carbocycles. The third-order valence-electron chi connectivity index (χ3n) is 3.63. The lowest BCUT2D eigenvalue weighted by molar-refractivity contribution is 0.0943. The first-order valence-corrected chi connectivity index (χ1v) is 7.34. The fraction of sp³-hybridized carbons (Fsp3) is 0.357. The quantitative estimate of drug-likeness (QED) is 0.891. The molecule has 0 radical (unpaired) electrons. The molecule has 1 amide bonds. The number of hydrogen-bond acceptors (Lipinski definition) is 4.